The Morgan fingerprint density at radius 2 is 1.65 bits per heavy atom. The van der Waals surface area contributed by atoms with Gasteiger partial charge in [0.25, 0.3) is 5.91 Å². The average Bonchev–Trinajstić information content (AvgIpc) is 3.15. The highest BCUT2D eigenvalue weighted by Gasteiger charge is 2.43. The number of hydrogen-bond acceptors (Lipinski definition) is 3. The number of carboxylic acid groups (broad SMARTS) is 1. The van der Waals surface area contributed by atoms with Gasteiger partial charge in [0, 0.05) is 27.0 Å². The highest BCUT2D eigenvalue weighted by Crippen LogP contribution is 2.44. The summed E-state index contributed by atoms with van der Waals surface area (Å²) in [5.41, 5.74) is 4.10. The van der Waals surface area contributed by atoms with Gasteiger partial charge in [0.2, 0.25) is 0 Å². The maximum absolute atomic E-state index is 12.9. The van der Waals surface area contributed by atoms with Crippen LogP contribution in [0, 0.1) is 5.92 Å². The number of hydrazone groups is 1. The van der Waals surface area contributed by atoms with E-state index in [0.717, 1.165) is 62.8 Å². The van der Waals surface area contributed by atoms with Gasteiger partial charge in [-0.2, -0.15) is 5.10 Å². The molecule has 0 aromatic heterocycles. The molecule has 2 aliphatic rings. The van der Waals surface area contributed by atoms with Gasteiger partial charge in [-0.1, -0.05) is 56.1 Å². The average molecular weight is 544 g/mol. The van der Waals surface area contributed by atoms with Gasteiger partial charge in [-0.3, -0.25) is 4.79 Å². The van der Waals surface area contributed by atoms with Crippen LogP contribution in [-0.4, -0.2) is 27.7 Å². The van der Waals surface area contributed by atoms with Gasteiger partial charge in [-0.25, -0.2) is 9.80 Å². The second kappa shape index (κ2) is 9.32. The Labute approximate surface area is 197 Å². The second-order valence-electron chi connectivity index (χ2n) is 7.56. The van der Waals surface area contributed by atoms with Gasteiger partial charge in [0.05, 0.1) is 11.8 Å². The van der Waals surface area contributed by atoms with Crippen LogP contribution in [0.5, 0.6) is 0 Å². The Bertz CT molecular complexity index is 1090. The topological polar surface area (TPSA) is 70.0 Å². The molecule has 1 aliphatic carbocycles. The van der Waals surface area contributed by atoms with Crippen molar-refractivity contribution in [3.05, 3.63) is 86.3 Å². The van der Waals surface area contributed by atoms with Crippen molar-refractivity contribution in [1.82, 2.24) is 5.01 Å². The summed E-state index contributed by atoms with van der Waals surface area (Å²) in [4.78, 5) is 23.8. The highest BCUT2D eigenvalue weighted by atomic mass is 79.9. The lowest BCUT2D eigenvalue weighted by atomic mass is 9.77. The number of nitrogens with zero attached hydrogens (tertiary/aromatic N) is 2. The third-order valence-electron chi connectivity index (χ3n) is 5.52. The third kappa shape index (κ3) is 4.88. The minimum Gasteiger partial charge on any atom is -0.478 e. The number of carboxylic acids is 1. The molecule has 1 aliphatic heterocycles. The standard InChI is InChI=1S/C24H20Br2N2O3/c25-18-8-4-15(5-9-18)14-17-2-1-3-20-23(17)27-28(21(29)12-13-22(30)31)24(20)16-6-10-19(26)11-7-16/h4-14,20,24H,1-3H2,(H,30,31)/b13-12-,17-14+. The molecule has 158 valence electrons. The van der Waals surface area contributed by atoms with Crippen molar-refractivity contribution in [2.75, 3.05) is 0 Å². The minimum absolute atomic E-state index is 0.0683. The van der Waals surface area contributed by atoms with Gasteiger partial charge >= 0.3 is 5.97 Å². The molecule has 31 heavy (non-hydrogen) atoms. The van der Waals surface area contributed by atoms with Crippen LogP contribution in [-0.2, 0) is 9.59 Å². The normalized spacial score (nSPS) is 21.9. The van der Waals surface area contributed by atoms with Crippen molar-refractivity contribution in [2.24, 2.45) is 11.0 Å². The summed E-state index contributed by atoms with van der Waals surface area (Å²) in [7, 11) is 0. The molecule has 2 atom stereocenters. The molecule has 1 N–H and O–H groups in total. The van der Waals surface area contributed by atoms with Gasteiger partial charge in [-0.05, 0) is 66.3 Å². The number of hydrogen-bond donors (Lipinski definition) is 1. The van der Waals surface area contributed by atoms with Crippen LogP contribution < -0.4 is 0 Å². The van der Waals surface area contributed by atoms with Crippen LogP contribution in [0.3, 0.4) is 0 Å². The van der Waals surface area contributed by atoms with Crippen LogP contribution in [0.25, 0.3) is 6.08 Å². The molecule has 0 radical (unpaired) electrons. The fraction of sp³-hybridized carbons (Fsp3) is 0.208. The molecular formula is C24H20Br2N2O3. The molecule has 0 bridgehead atoms. The minimum atomic E-state index is -1.16. The predicted octanol–water partition coefficient (Wildman–Crippen LogP) is 5.98. The van der Waals surface area contributed by atoms with Crippen molar-refractivity contribution in [1.29, 1.82) is 0 Å². The maximum Gasteiger partial charge on any atom is 0.328 e. The lowest BCUT2D eigenvalue weighted by Crippen LogP contribution is -2.31. The molecule has 0 saturated heterocycles. The molecule has 1 fully saturated rings. The number of allylic oxidation sites excluding steroid dienone is 1. The molecule has 1 heterocycles. The van der Waals surface area contributed by atoms with Crippen molar-refractivity contribution in [3.63, 3.8) is 0 Å². The molecule has 2 aromatic rings. The van der Waals surface area contributed by atoms with Crippen LogP contribution in [0.2, 0.25) is 0 Å². The van der Waals surface area contributed by atoms with Crippen LogP contribution >= 0.6 is 31.9 Å². The summed E-state index contributed by atoms with van der Waals surface area (Å²) in [6.45, 7) is 0. The molecule has 5 nitrogen and oxygen atoms in total. The molecule has 1 amide bonds. The summed E-state index contributed by atoms with van der Waals surface area (Å²) in [6.07, 6.45) is 6.90. The summed E-state index contributed by atoms with van der Waals surface area (Å²) in [5, 5.41) is 15.1. The first-order valence-corrected chi connectivity index (χ1v) is 11.6. The van der Waals surface area contributed by atoms with Gasteiger partial charge in [0.15, 0.2) is 0 Å². The lowest BCUT2D eigenvalue weighted by molar-refractivity contribution is -0.132. The highest BCUT2D eigenvalue weighted by molar-refractivity contribution is 9.10. The number of fused-ring (bicyclic) bond motifs is 1. The van der Waals surface area contributed by atoms with E-state index in [1.807, 2.05) is 48.5 Å². The van der Waals surface area contributed by atoms with E-state index in [-0.39, 0.29) is 12.0 Å². The first kappa shape index (κ1) is 21.7. The zero-order valence-corrected chi connectivity index (χ0v) is 19.7. The quantitative estimate of drug-likeness (QED) is 0.482. The molecular weight excluding hydrogens is 524 g/mol. The van der Waals surface area contributed by atoms with E-state index in [2.05, 4.69) is 37.9 Å². The van der Waals surface area contributed by atoms with Crippen molar-refractivity contribution in [2.45, 2.75) is 25.3 Å². The predicted molar refractivity (Wildman–Crippen MR) is 127 cm³/mol. The van der Waals surface area contributed by atoms with Crippen molar-refractivity contribution < 1.29 is 14.7 Å². The zero-order chi connectivity index (χ0) is 22.0. The number of halogens is 2. The zero-order valence-electron chi connectivity index (χ0n) is 16.5. The molecule has 7 heteroatoms. The third-order valence-corrected chi connectivity index (χ3v) is 6.58. The van der Waals surface area contributed by atoms with E-state index < -0.39 is 11.9 Å². The Hall–Kier alpha value is -2.51. The molecule has 2 unspecified atom stereocenters. The van der Waals surface area contributed by atoms with Gasteiger partial charge < -0.3 is 5.11 Å². The lowest BCUT2D eigenvalue weighted by Gasteiger charge is -2.29. The first-order valence-electron chi connectivity index (χ1n) is 9.97. The largest absolute Gasteiger partial charge is 0.478 e. The SMILES string of the molecule is O=C(O)/C=C\C(=O)N1N=C2/C(=C/c3ccc(Br)cc3)CCCC2C1c1ccc(Br)cc1. The maximum atomic E-state index is 12.9. The van der Waals surface area contributed by atoms with E-state index >= 15 is 0 Å². The van der Waals surface area contributed by atoms with Gasteiger partial charge in [0.1, 0.15) is 0 Å². The number of carbonyl (C=O) groups excluding carboxylic acids is 1. The van der Waals surface area contributed by atoms with E-state index in [9.17, 15) is 9.59 Å². The molecule has 0 spiro atoms. The fourth-order valence-corrected chi connectivity index (χ4v) is 4.68. The number of carbonyl (C=O) groups is 2. The molecule has 1 saturated carbocycles. The number of benzene rings is 2. The van der Waals surface area contributed by atoms with Gasteiger partial charge in [-0.15, -0.1) is 0 Å². The monoisotopic (exact) mass is 542 g/mol. The van der Waals surface area contributed by atoms with Crippen molar-refractivity contribution in [3.8, 4) is 0 Å². The van der Waals surface area contributed by atoms with Crippen LogP contribution in [0.15, 0.2) is 80.3 Å². The Balaban J connectivity index is 1.74. The number of aliphatic carboxylic acids is 1. The van der Waals surface area contributed by atoms with E-state index in [4.69, 9.17) is 10.2 Å². The van der Waals surface area contributed by atoms with Crippen LogP contribution in [0.4, 0.5) is 0 Å². The molecule has 4 rings (SSSR count). The second-order valence-corrected chi connectivity index (χ2v) is 9.39. The van der Waals surface area contributed by atoms with E-state index in [1.54, 1.807) is 0 Å². The summed E-state index contributed by atoms with van der Waals surface area (Å²) in [6, 6.07) is 15.7. The summed E-state index contributed by atoms with van der Waals surface area (Å²) < 4.78 is 1.98. The summed E-state index contributed by atoms with van der Waals surface area (Å²) >= 11 is 6.92. The first-order chi connectivity index (χ1) is 14.9. The fourth-order valence-electron chi connectivity index (χ4n) is 4.15. The van der Waals surface area contributed by atoms with E-state index in [0.29, 0.717) is 0 Å². The Morgan fingerprint density at radius 1 is 1.00 bits per heavy atom. The Kier molecular flexibility index (Phi) is 6.53. The Morgan fingerprint density at radius 3 is 2.29 bits per heavy atom. The molecule has 2 aromatic carbocycles. The number of amides is 1. The number of rotatable bonds is 4. The summed E-state index contributed by atoms with van der Waals surface area (Å²) in [5.74, 6) is -1.52. The van der Waals surface area contributed by atoms with Crippen molar-refractivity contribution >= 4 is 55.5 Å². The van der Waals surface area contributed by atoms with E-state index in [1.165, 1.54) is 5.01 Å². The van der Waals surface area contributed by atoms with Crippen LogP contribution in [0.1, 0.15) is 36.4 Å². The smallest absolute Gasteiger partial charge is 0.328 e.